The molecule has 2 atom stereocenters. The second-order valence-corrected chi connectivity index (χ2v) is 9.39. The Morgan fingerprint density at radius 1 is 0.919 bits per heavy atom. The van der Waals surface area contributed by atoms with Gasteiger partial charge >= 0.3 is 12.1 Å². The van der Waals surface area contributed by atoms with E-state index < -0.39 is 41.3 Å². The first-order chi connectivity index (χ1) is 17.6. The van der Waals surface area contributed by atoms with Crippen LogP contribution in [0.5, 0.6) is 0 Å². The van der Waals surface area contributed by atoms with Crippen LogP contribution in [0, 0.1) is 11.6 Å². The zero-order valence-electron chi connectivity index (χ0n) is 20.4. The van der Waals surface area contributed by atoms with Crippen LogP contribution in [0.15, 0.2) is 60.7 Å². The summed E-state index contributed by atoms with van der Waals surface area (Å²) in [7, 11) is 0. The minimum atomic E-state index is -4.51. The number of carboxylic acids is 1. The van der Waals surface area contributed by atoms with E-state index in [0.29, 0.717) is 41.8 Å². The van der Waals surface area contributed by atoms with Gasteiger partial charge in [-0.25, -0.2) is 8.78 Å². The summed E-state index contributed by atoms with van der Waals surface area (Å²) in [5.74, 6) is -3.23. The average Bonchev–Trinajstić information content (AvgIpc) is 2.86. The molecule has 1 N–H and O–H groups in total. The molecule has 1 aliphatic rings. The first-order valence-electron chi connectivity index (χ1n) is 12.3. The Balaban J connectivity index is 1.93. The maximum atomic E-state index is 15.2. The Labute approximate surface area is 212 Å². The average molecular weight is 518 g/mol. The molecule has 37 heavy (non-hydrogen) atoms. The van der Waals surface area contributed by atoms with Gasteiger partial charge in [0.15, 0.2) is 0 Å². The first-order valence-corrected chi connectivity index (χ1v) is 12.3. The Morgan fingerprint density at radius 2 is 1.57 bits per heavy atom. The number of carbonyl (C=O) groups is 1. The molecule has 196 valence electrons. The van der Waals surface area contributed by atoms with E-state index in [4.69, 9.17) is 0 Å². The van der Waals surface area contributed by atoms with Crippen molar-refractivity contribution in [2.24, 2.45) is 0 Å². The summed E-state index contributed by atoms with van der Waals surface area (Å²) < 4.78 is 68.6. The predicted molar refractivity (Wildman–Crippen MR) is 131 cm³/mol. The third-order valence-corrected chi connectivity index (χ3v) is 7.02. The van der Waals surface area contributed by atoms with Gasteiger partial charge in [0.25, 0.3) is 0 Å². The lowest BCUT2D eigenvalue weighted by atomic mass is 9.85. The van der Waals surface area contributed by atoms with Crippen LogP contribution < -0.4 is 0 Å². The molecule has 2 unspecified atom stereocenters. The molecule has 8 heteroatoms. The van der Waals surface area contributed by atoms with E-state index in [9.17, 15) is 27.5 Å². The molecule has 3 aromatic rings. The summed E-state index contributed by atoms with van der Waals surface area (Å²) in [6, 6.07) is 12.6. The monoisotopic (exact) mass is 517 g/mol. The summed E-state index contributed by atoms with van der Waals surface area (Å²) in [6.07, 6.45) is -1.37. The maximum Gasteiger partial charge on any atom is 0.416 e. The highest BCUT2D eigenvalue weighted by Gasteiger charge is 2.32. The van der Waals surface area contributed by atoms with Crippen LogP contribution in [-0.4, -0.2) is 29.1 Å². The highest BCUT2D eigenvalue weighted by molar-refractivity contribution is 5.78. The van der Waals surface area contributed by atoms with Crippen molar-refractivity contribution in [1.82, 2.24) is 4.90 Å². The molecule has 1 aliphatic heterocycles. The Morgan fingerprint density at radius 3 is 2.14 bits per heavy atom. The number of piperidine rings is 1. The van der Waals surface area contributed by atoms with Crippen LogP contribution in [0.3, 0.4) is 0 Å². The van der Waals surface area contributed by atoms with Crippen LogP contribution in [0.4, 0.5) is 22.0 Å². The third kappa shape index (κ3) is 5.85. The van der Waals surface area contributed by atoms with Gasteiger partial charge in [0.2, 0.25) is 0 Å². The van der Waals surface area contributed by atoms with E-state index in [1.54, 1.807) is 25.1 Å². The molecule has 0 aromatic heterocycles. The van der Waals surface area contributed by atoms with Gasteiger partial charge in [0.1, 0.15) is 11.6 Å². The normalized spacial score (nSPS) is 16.4. The second kappa shape index (κ2) is 11.0. The summed E-state index contributed by atoms with van der Waals surface area (Å²) >= 11 is 0. The third-order valence-electron chi connectivity index (χ3n) is 7.02. The van der Waals surface area contributed by atoms with Crippen LogP contribution >= 0.6 is 0 Å². The molecule has 0 aliphatic carbocycles. The fraction of sp³-hybridized carbons (Fsp3) is 0.345. The largest absolute Gasteiger partial charge is 0.481 e. The number of nitrogens with zero attached hydrogens (tertiary/aromatic N) is 1. The van der Waals surface area contributed by atoms with Crippen molar-refractivity contribution in [3.8, 4) is 11.1 Å². The SMILES string of the molecule is CCC(C(=O)O)c1ccc(C(c2ccc(F)cc2F)N2CCCCC2)c(-c2ccc(C(F)(F)F)cc2)c1. The van der Waals surface area contributed by atoms with E-state index in [1.165, 1.54) is 24.3 Å². The van der Waals surface area contributed by atoms with Gasteiger partial charge in [-0.05, 0) is 78.9 Å². The number of likely N-dealkylation sites (tertiary alicyclic amines) is 1. The number of carboxylic acid groups (broad SMARTS) is 1. The smallest absolute Gasteiger partial charge is 0.416 e. The molecule has 1 saturated heterocycles. The second-order valence-electron chi connectivity index (χ2n) is 9.39. The number of halogens is 5. The van der Waals surface area contributed by atoms with Crippen molar-refractivity contribution in [3.63, 3.8) is 0 Å². The van der Waals surface area contributed by atoms with Crippen LogP contribution in [-0.2, 0) is 11.0 Å². The molecular weight excluding hydrogens is 489 g/mol. The molecule has 0 amide bonds. The molecule has 3 nitrogen and oxygen atoms in total. The van der Waals surface area contributed by atoms with Crippen molar-refractivity contribution >= 4 is 5.97 Å². The lowest BCUT2D eigenvalue weighted by Crippen LogP contribution is -2.35. The summed E-state index contributed by atoms with van der Waals surface area (Å²) in [5.41, 5.74) is 1.55. The van der Waals surface area contributed by atoms with Crippen molar-refractivity contribution in [2.45, 2.75) is 50.7 Å². The molecule has 0 spiro atoms. The summed E-state index contributed by atoms with van der Waals surface area (Å²) in [4.78, 5) is 14.0. The lowest BCUT2D eigenvalue weighted by Gasteiger charge is -2.36. The van der Waals surface area contributed by atoms with Crippen LogP contribution in [0.25, 0.3) is 11.1 Å². The lowest BCUT2D eigenvalue weighted by molar-refractivity contribution is -0.139. The zero-order chi connectivity index (χ0) is 26.7. The summed E-state index contributed by atoms with van der Waals surface area (Å²) in [6.45, 7) is 3.08. The fourth-order valence-corrected chi connectivity index (χ4v) is 5.13. The topological polar surface area (TPSA) is 40.5 Å². The van der Waals surface area contributed by atoms with E-state index in [-0.39, 0.29) is 5.56 Å². The number of hydrogen-bond acceptors (Lipinski definition) is 2. The zero-order valence-corrected chi connectivity index (χ0v) is 20.4. The van der Waals surface area contributed by atoms with Gasteiger partial charge in [-0.3, -0.25) is 9.69 Å². The summed E-state index contributed by atoms with van der Waals surface area (Å²) in [5, 5.41) is 9.72. The van der Waals surface area contributed by atoms with Crippen LogP contribution in [0.1, 0.15) is 66.8 Å². The Kier molecular flexibility index (Phi) is 7.97. The number of alkyl halides is 3. The molecule has 3 aromatic carbocycles. The minimum Gasteiger partial charge on any atom is -0.481 e. The fourth-order valence-electron chi connectivity index (χ4n) is 5.13. The molecule has 0 radical (unpaired) electrons. The molecular formula is C29H28F5NO2. The van der Waals surface area contributed by atoms with Crippen LogP contribution in [0.2, 0.25) is 0 Å². The van der Waals surface area contributed by atoms with Crippen molar-refractivity contribution in [2.75, 3.05) is 13.1 Å². The highest BCUT2D eigenvalue weighted by atomic mass is 19.4. The van der Waals surface area contributed by atoms with Gasteiger partial charge in [-0.1, -0.05) is 43.7 Å². The number of benzene rings is 3. The Bertz CT molecular complexity index is 1250. The van der Waals surface area contributed by atoms with Gasteiger partial charge in [-0.15, -0.1) is 0 Å². The molecule has 4 rings (SSSR count). The number of rotatable bonds is 7. The maximum absolute atomic E-state index is 15.2. The molecule has 1 fully saturated rings. The van der Waals surface area contributed by atoms with Gasteiger partial charge in [0.05, 0.1) is 17.5 Å². The van der Waals surface area contributed by atoms with Gasteiger partial charge < -0.3 is 5.11 Å². The standard InChI is InChI=1S/C29H28F5NO2/c1-2-22(28(36)37)19-8-12-23(25(16-19)18-6-9-20(10-7-18)29(32,33)34)27(35-14-4-3-5-15-35)24-13-11-21(30)17-26(24)31/h6-13,16-17,22,27H,2-5,14-15H2,1H3,(H,36,37). The molecule has 1 heterocycles. The highest BCUT2D eigenvalue weighted by Crippen LogP contribution is 2.41. The van der Waals surface area contributed by atoms with Gasteiger partial charge in [-0.2, -0.15) is 13.2 Å². The molecule has 0 bridgehead atoms. The minimum absolute atomic E-state index is 0.259. The van der Waals surface area contributed by atoms with Crippen molar-refractivity contribution < 1.29 is 31.9 Å². The van der Waals surface area contributed by atoms with Crippen molar-refractivity contribution in [1.29, 1.82) is 0 Å². The van der Waals surface area contributed by atoms with E-state index in [1.807, 2.05) is 0 Å². The van der Waals surface area contributed by atoms with Crippen molar-refractivity contribution in [3.05, 3.63) is 94.6 Å². The molecule has 0 saturated carbocycles. The number of hydrogen-bond donors (Lipinski definition) is 1. The Hall–Kier alpha value is -3.26. The predicted octanol–water partition coefficient (Wildman–Crippen LogP) is 7.80. The number of aliphatic carboxylic acids is 1. The van der Waals surface area contributed by atoms with Gasteiger partial charge in [0, 0.05) is 11.6 Å². The van der Waals surface area contributed by atoms with E-state index in [2.05, 4.69) is 4.90 Å². The van der Waals surface area contributed by atoms with E-state index in [0.717, 1.165) is 37.5 Å². The first kappa shape index (κ1) is 26.8. The quantitative estimate of drug-likeness (QED) is 0.325. The van der Waals surface area contributed by atoms with E-state index >= 15 is 4.39 Å².